The summed E-state index contributed by atoms with van der Waals surface area (Å²) < 4.78 is 5.34. The van der Waals surface area contributed by atoms with Gasteiger partial charge in [0.25, 0.3) is 0 Å². The van der Waals surface area contributed by atoms with Gasteiger partial charge in [-0.15, -0.1) is 0 Å². The second-order valence-corrected chi connectivity index (χ2v) is 5.40. The maximum atomic E-state index is 12.1. The standard InChI is InChI=1S/C16H15ClN2O2/c17-14-5-3-12(4-6-14)11-21-16(20)19-9-7-13-2-1-8-18-15(13)10-19/h1-6,8H,7,9-11H2. The molecule has 0 unspecified atom stereocenters. The molecule has 0 saturated carbocycles. The lowest BCUT2D eigenvalue weighted by Gasteiger charge is -2.27. The largest absolute Gasteiger partial charge is 0.445 e. The van der Waals surface area contributed by atoms with Crippen molar-refractivity contribution in [3.05, 3.63) is 64.4 Å². The topological polar surface area (TPSA) is 42.4 Å². The van der Waals surface area contributed by atoms with E-state index in [1.54, 1.807) is 23.2 Å². The van der Waals surface area contributed by atoms with E-state index in [-0.39, 0.29) is 12.7 Å². The lowest BCUT2D eigenvalue weighted by Crippen LogP contribution is -2.36. The van der Waals surface area contributed by atoms with Crippen LogP contribution in [0.15, 0.2) is 42.6 Å². The maximum absolute atomic E-state index is 12.1. The summed E-state index contributed by atoms with van der Waals surface area (Å²) in [6.07, 6.45) is 2.27. The minimum Gasteiger partial charge on any atom is -0.445 e. The van der Waals surface area contributed by atoms with Crippen LogP contribution in [0.5, 0.6) is 0 Å². The number of fused-ring (bicyclic) bond motifs is 1. The van der Waals surface area contributed by atoms with Crippen LogP contribution in [0.2, 0.25) is 5.02 Å². The van der Waals surface area contributed by atoms with Crippen molar-refractivity contribution >= 4 is 17.7 Å². The average molecular weight is 303 g/mol. The Hall–Kier alpha value is -2.07. The van der Waals surface area contributed by atoms with Gasteiger partial charge in [0.1, 0.15) is 6.61 Å². The fourth-order valence-electron chi connectivity index (χ4n) is 2.33. The summed E-state index contributed by atoms with van der Waals surface area (Å²) in [5.41, 5.74) is 3.08. The van der Waals surface area contributed by atoms with E-state index in [1.165, 1.54) is 5.56 Å². The molecule has 0 aliphatic carbocycles. The van der Waals surface area contributed by atoms with Crippen molar-refractivity contribution in [1.82, 2.24) is 9.88 Å². The summed E-state index contributed by atoms with van der Waals surface area (Å²) in [4.78, 5) is 18.1. The van der Waals surface area contributed by atoms with Crippen molar-refractivity contribution in [3.63, 3.8) is 0 Å². The van der Waals surface area contributed by atoms with E-state index >= 15 is 0 Å². The highest BCUT2D eigenvalue weighted by atomic mass is 35.5. The highest BCUT2D eigenvalue weighted by molar-refractivity contribution is 6.30. The molecular formula is C16H15ClN2O2. The Balaban J connectivity index is 1.58. The number of hydrogen-bond donors (Lipinski definition) is 0. The number of pyridine rings is 1. The van der Waals surface area contributed by atoms with E-state index in [0.717, 1.165) is 17.7 Å². The predicted molar refractivity (Wildman–Crippen MR) is 80.0 cm³/mol. The smallest absolute Gasteiger partial charge is 0.410 e. The molecule has 1 aliphatic heterocycles. The number of rotatable bonds is 2. The number of carbonyl (C=O) groups excluding carboxylic acids is 1. The van der Waals surface area contributed by atoms with Crippen LogP contribution in [0.25, 0.3) is 0 Å². The zero-order valence-corrected chi connectivity index (χ0v) is 12.2. The van der Waals surface area contributed by atoms with Crippen LogP contribution < -0.4 is 0 Å². The van der Waals surface area contributed by atoms with Crippen molar-refractivity contribution in [2.45, 2.75) is 19.6 Å². The molecule has 0 atom stereocenters. The zero-order valence-electron chi connectivity index (χ0n) is 11.5. The minimum atomic E-state index is -0.304. The predicted octanol–water partition coefficient (Wildman–Crippen LogP) is 3.43. The van der Waals surface area contributed by atoms with Crippen molar-refractivity contribution in [2.75, 3.05) is 6.54 Å². The molecule has 21 heavy (non-hydrogen) atoms. The molecule has 0 radical (unpaired) electrons. The summed E-state index contributed by atoms with van der Waals surface area (Å²) in [5, 5.41) is 0.670. The van der Waals surface area contributed by atoms with Crippen molar-refractivity contribution in [3.8, 4) is 0 Å². The first-order chi connectivity index (χ1) is 10.2. The lowest BCUT2D eigenvalue weighted by molar-refractivity contribution is 0.0913. The third-order valence-corrected chi connectivity index (χ3v) is 3.76. The number of ether oxygens (including phenoxy) is 1. The molecule has 0 bridgehead atoms. The third-order valence-electron chi connectivity index (χ3n) is 3.51. The Kier molecular flexibility index (Phi) is 4.06. The Labute approximate surface area is 128 Å². The summed E-state index contributed by atoms with van der Waals surface area (Å²) in [6, 6.07) is 11.2. The van der Waals surface area contributed by atoms with Crippen LogP contribution in [0.3, 0.4) is 0 Å². The van der Waals surface area contributed by atoms with Crippen LogP contribution in [0, 0.1) is 0 Å². The Morgan fingerprint density at radius 2 is 2.10 bits per heavy atom. The fraction of sp³-hybridized carbons (Fsp3) is 0.250. The normalized spacial score (nSPS) is 13.7. The Morgan fingerprint density at radius 1 is 1.29 bits per heavy atom. The van der Waals surface area contributed by atoms with Crippen LogP contribution in [0.4, 0.5) is 4.79 Å². The Morgan fingerprint density at radius 3 is 2.90 bits per heavy atom. The van der Waals surface area contributed by atoms with Crippen LogP contribution in [-0.2, 0) is 24.3 Å². The first-order valence-electron chi connectivity index (χ1n) is 6.81. The van der Waals surface area contributed by atoms with Crippen LogP contribution in [0.1, 0.15) is 16.8 Å². The molecule has 0 spiro atoms. The molecule has 4 nitrogen and oxygen atoms in total. The van der Waals surface area contributed by atoms with Gasteiger partial charge >= 0.3 is 6.09 Å². The first-order valence-corrected chi connectivity index (χ1v) is 7.19. The van der Waals surface area contributed by atoms with Gasteiger partial charge in [0.2, 0.25) is 0 Å². The van der Waals surface area contributed by atoms with Gasteiger partial charge in [-0.05, 0) is 35.7 Å². The number of halogens is 1. The maximum Gasteiger partial charge on any atom is 0.410 e. The van der Waals surface area contributed by atoms with Gasteiger partial charge in [-0.25, -0.2) is 4.79 Å². The summed E-state index contributed by atoms with van der Waals surface area (Å²) in [7, 11) is 0. The molecule has 3 rings (SSSR count). The van der Waals surface area contributed by atoms with E-state index in [2.05, 4.69) is 11.1 Å². The lowest BCUT2D eigenvalue weighted by atomic mass is 10.1. The SMILES string of the molecule is O=C(OCc1ccc(Cl)cc1)N1CCc2cccnc2C1. The number of aromatic nitrogens is 1. The van der Waals surface area contributed by atoms with E-state index in [4.69, 9.17) is 16.3 Å². The van der Waals surface area contributed by atoms with Gasteiger partial charge in [-0.1, -0.05) is 29.8 Å². The van der Waals surface area contributed by atoms with E-state index < -0.39 is 0 Å². The molecule has 1 aliphatic rings. The average Bonchev–Trinajstić information content (AvgIpc) is 2.53. The van der Waals surface area contributed by atoms with E-state index in [9.17, 15) is 4.79 Å². The van der Waals surface area contributed by atoms with Gasteiger partial charge in [-0.2, -0.15) is 0 Å². The highest BCUT2D eigenvalue weighted by Gasteiger charge is 2.22. The highest BCUT2D eigenvalue weighted by Crippen LogP contribution is 2.17. The zero-order chi connectivity index (χ0) is 14.7. The Bertz CT molecular complexity index is 643. The first kappa shape index (κ1) is 13.9. The molecule has 108 valence electrons. The van der Waals surface area contributed by atoms with Gasteiger partial charge in [0, 0.05) is 17.8 Å². The van der Waals surface area contributed by atoms with Crippen molar-refractivity contribution in [1.29, 1.82) is 0 Å². The molecule has 0 N–H and O–H groups in total. The third kappa shape index (κ3) is 3.34. The monoisotopic (exact) mass is 302 g/mol. The summed E-state index contributed by atoms with van der Waals surface area (Å²) >= 11 is 5.82. The van der Waals surface area contributed by atoms with Gasteiger partial charge in [0.05, 0.1) is 12.2 Å². The van der Waals surface area contributed by atoms with Crippen molar-refractivity contribution in [2.24, 2.45) is 0 Å². The summed E-state index contributed by atoms with van der Waals surface area (Å²) in [5.74, 6) is 0. The van der Waals surface area contributed by atoms with E-state index in [1.807, 2.05) is 18.2 Å². The molecule has 1 aromatic heterocycles. The molecule has 2 aromatic rings. The van der Waals surface area contributed by atoms with Crippen LogP contribution >= 0.6 is 11.6 Å². The number of carbonyl (C=O) groups is 1. The summed E-state index contributed by atoms with van der Waals surface area (Å²) in [6.45, 7) is 1.43. The van der Waals surface area contributed by atoms with Crippen LogP contribution in [-0.4, -0.2) is 22.5 Å². The fourth-order valence-corrected chi connectivity index (χ4v) is 2.46. The molecule has 0 fully saturated rings. The molecule has 5 heteroatoms. The molecule has 2 heterocycles. The minimum absolute atomic E-state index is 0.252. The second-order valence-electron chi connectivity index (χ2n) is 4.96. The molecule has 1 amide bonds. The van der Waals surface area contributed by atoms with Gasteiger partial charge < -0.3 is 9.64 Å². The molecular weight excluding hydrogens is 288 g/mol. The number of nitrogens with zero attached hydrogens (tertiary/aromatic N) is 2. The molecule has 0 saturated heterocycles. The molecule has 1 aromatic carbocycles. The number of benzene rings is 1. The van der Waals surface area contributed by atoms with Crippen molar-refractivity contribution < 1.29 is 9.53 Å². The number of hydrogen-bond acceptors (Lipinski definition) is 3. The van der Waals surface area contributed by atoms with Gasteiger partial charge in [0.15, 0.2) is 0 Å². The van der Waals surface area contributed by atoms with Gasteiger partial charge in [-0.3, -0.25) is 4.98 Å². The number of amides is 1. The quantitative estimate of drug-likeness (QED) is 0.853. The van der Waals surface area contributed by atoms with E-state index in [0.29, 0.717) is 18.1 Å². The second kappa shape index (κ2) is 6.14.